The Kier molecular flexibility index (Phi) is 4.96. The first-order valence-corrected chi connectivity index (χ1v) is 6.19. The Balaban J connectivity index is 3.13. The van der Waals surface area contributed by atoms with Crippen LogP contribution in [-0.2, 0) is 0 Å². The number of nitrogens with two attached hydrogens (primary N) is 1. The predicted octanol–water partition coefficient (Wildman–Crippen LogP) is 2.90. The van der Waals surface area contributed by atoms with Crippen molar-refractivity contribution in [3.63, 3.8) is 0 Å². The largest absolute Gasteiger partial charge is 0.489 e. The smallest absolute Gasteiger partial charge is 0.173 e. The number of benzene rings is 1. The number of rotatable bonds is 5. The highest BCUT2D eigenvalue weighted by Gasteiger charge is 2.28. The van der Waals surface area contributed by atoms with Crippen LogP contribution in [0.5, 0.6) is 5.75 Å². The lowest BCUT2D eigenvalue weighted by molar-refractivity contribution is 0.132. The second-order valence-corrected chi connectivity index (χ2v) is 5.28. The van der Waals surface area contributed by atoms with Gasteiger partial charge in [-0.25, -0.2) is 4.39 Å². The summed E-state index contributed by atoms with van der Waals surface area (Å²) in [5, 5.41) is 9.46. The lowest BCUT2D eigenvalue weighted by Gasteiger charge is -2.30. The standard InChI is InChI=1S/C13H19ClFNO2/c1-4-18-11-9(14)5-8(6-10(11)15)12(16)13(2,3)7-17/h5-6,12,17H,4,7,16H2,1-3H3/t12-/m1/s1. The molecule has 0 aliphatic carbocycles. The maximum atomic E-state index is 13.8. The van der Waals surface area contributed by atoms with E-state index < -0.39 is 17.3 Å². The third-order valence-corrected chi connectivity index (χ3v) is 3.20. The SMILES string of the molecule is CCOc1c(F)cc([C@@H](N)C(C)(C)CO)cc1Cl. The molecule has 0 aromatic heterocycles. The van der Waals surface area contributed by atoms with Crippen molar-refractivity contribution in [1.29, 1.82) is 0 Å². The summed E-state index contributed by atoms with van der Waals surface area (Å²) >= 11 is 5.97. The second-order valence-electron chi connectivity index (χ2n) is 4.87. The number of hydrogen-bond donors (Lipinski definition) is 2. The molecule has 1 aromatic rings. The molecule has 0 aliphatic rings. The van der Waals surface area contributed by atoms with E-state index in [1.165, 1.54) is 6.07 Å². The molecule has 0 bridgehead atoms. The minimum Gasteiger partial charge on any atom is -0.489 e. The van der Waals surface area contributed by atoms with Crippen molar-refractivity contribution in [3.05, 3.63) is 28.5 Å². The van der Waals surface area contributed by atoms with E-state index in [1.54, 1.807) is 26.8 Å². The number of ether oxygens (including phenoxy) is 1. The van der Waals surface area contributed by atoms with Crippen molar-refractivity contribution in [2.45, 2.75) is 26.8 Å². The van der Waals surface area contributed by atoms with Gasteiger partial charge in [0.25, 0.3) is 0 Å². The van der Waals surface area contributed by atoms with Gasteiger partial charge < -0.3 is 15.6 Å². The average Bonchev–Trinajstić information content (AvgIpc) is 2.32. The summed E-state index contributed by atoms with van der Waals surface area (Å²) in [5.41, 5.74) is 6.01. The molecule has 0 fully saturated rings. The molecule has 0 heterocycles. The molecule has 5 heteroatoms. The molecule has 102 valence electrons. The summed E-state index contributed by atoms with van der Waals surface area (Å²) in [6.45, 7) is 5.61. The summed E-state index contributed by atoms with van der Waals surface area (Å²) in [4.78, 5) is 0. The quantitative estimate of drug-likeness (QED) is 0.869. The lowest BCUT2D eigenvalue weighted by Crippen LogP contribution is -2.32. The van der Waals surface area contributed by atoms with Crippen LogP contribution in [0.3, 0.4) is 0 Å². The van der Waals surface area contributed by atoms with Gasteiger partial charge in [-0.1, -0.05) is 25.4 Å². The van der Waals surface area contributed by atoms with Gasteiger partial charge in [0.1, 0.15) is 0 Å². The van der Waals surface area contributed by atoms with Gasteiger partial charge in [0.15, 0.2) is 11.6 Å². The Morgan fingerprint density at radius 1 is 1.50 bits per heavy atom. The van der Waals surface area contributed by atoms with Crippen LogP contribution in [0.1, 0.15) is 32.4 Å². The fourth-order valence-electron chi connectivity index (χ4n) is 1.59. The molecular weight excluding hydrogens is 257 g/mol. The molecule has 3 nitrogen and oxygen atoms in total. The number of aliphatic hydroxyl groups excluding tert-OH is 1. The van der Waals surface area contributed by atoms with E-state index in [2.05, 4.69) is 0 Å². The molecule has 18 heavy (non-hydrogen) atoms. The average molecular weight is 276 g/mol. The molecule has 0 aliphatic heterocycles. The Labute approximate surface area is 112 Å². The van der Waals surface area contributed by atoms with Crippen LogP contribution >= 0.6 is 11.6 Å². The van der Waals surface area contributed by atoms with E-state index >= 15 is 0 Å². The van der Waals surface area contributed by atoms with Crippen molar-refractivity contribution >= 4 is 11.6 Å². The van der Waals surface area contributed by atoms with Crippen LogP contribution in [0.2, 0.25) is 5.02 Å². The molecule has 0 amide bonds. The normalized spacial score (nSPS) is 13.5. The summed E-state index contributed by atoms with van der Waals surface area (Å²) in [6, 6.07) is 2.38. The van der Waals surface area contributed by atoms with Gasteiger partial charge in [-0.05, 0) is 24.6 Å². The van der Waals surface area contributed by atoms with Crippen molar-refractivity contribution in [1.82, 2.24) is 0 Å². The van der Waals surface area contributed by atoms with Crippen LogP contribution in [0, 0.1) is 11.2 Å². The topological polar surface area (TPSA) is 55.5 Å². The highest BCUT2D eigenvalue weighted by atomic mass is 35.5. The number of halogens is 2. The van der Waals surface area contributed by atoms with E-state index in [9.17, 15) is 9.50 Å². The molecule has 0 saturated carbocycles. The van der Waals surface area contributed by atoms with Crippen LogP contribution < -0.4 is 10.5 Å². The third kappa shape index (κ3) is 3.13. The number of aliphatic hydroxyl groups is 1. The van der Waals surface area contributed by atoms with E-state index in [0.29, 0.717) is 12.2 Å². The summed E-state index contributed by atoms with van der Waals surface area (Å²) in [5.74, 6) is -0.500. The zero-order valence-corrected chi connectivity index (χ0v) is 11.6. The summed E-state index contributed by atoms with van der Waals surface area (Å²) in [7, 11) is 0. The molecule has 0 saturated heterocycles. The fourth-order valence-corrected chi connectivity index (χ4v) is 1.86. The lowest BCUT2D eigenvalue weighted by atomic mass is 9.82. The Hall–Kier alpha value is -0.840. The maximum absolute atomic E-state index is 13.8. The number of hydrogen-bond acceptors (Lipinski definition) is 3. The van der Waals surface area contributed by atoms with Crippen LogP contribution in [0.15, 0.2) is 12.1 Å². The van der Waals surface area contributed by atoms with Crippen molar-refractivity contribution in [2.75, 3.05) is 13.2 Å². The molecule has 0 radical (unpaired) electrons. The van der Waals surface area contributed by atoms with E-state index in [0.717, 1.165) is 0 Å². The molecule has 3 N–H and O–H groups in total. The molecule has 0 unspecified atom stereocenters. The predicted molar refractivity (Wildman–Crippen MR) is 70.4 cm³/mol. The highest BCUT2D eigenvalue weighted by molar-refractivity contribution is 6.32. The second kappa shape index (κ2) is 5.87. The van der Waals surface area contributed by atoms with Crippen molar-refractivity contribution in [3.8, 4) is 5.75 Å². The first kappa shape index (κ1) is 15.2. The molecule has 1 aromatic carbocycles. The van der Waals surface area contributed by atoms with Gasteiger partial charge in [-0.15, -0.1) is 0 Å². The minimum absolute atomic E-state index is 0.0388. The minimum atomic E-state index is -0.553. The first-order valence-electron chi connectivity index (χ1n) is 5.81. The molecule has 1 rings (SSSR count). The monoisotopic (exact) mass is 275 g/mol. The van der Waals surface area contributed by atoms with Gasteiger partial charge in [0.05, 0.1) is 11.6 Å². The Bertz CT molecular complexity index is 400. The zero-order chi connectivity index (χ0) is 13.9. The van der Waals surface area contributed by atoms with Gasteiger partial charge in [-0.2, -0.15) is 0 Å². The summed E-state index contributed by atoms with van der Waals surface area (Å²) in [6.07, 6.45) is 0. The third-order valence-electron chi connectivity index (χ3n) is 2.92. The van der Waals surface area contributed by atoms with E-state index in [1.807, 2.05) is 0 Å². The van der Waals surface area contributed by atoms with Gasteiger partial charge in [-0.3, -0.25) is 0 Å². The van der Waals surface area contributed by atoms with Crippen LogP contribution in [0.4, 0.5) is 4.39 Å². The molecule has 0 spiro atoms. The molecule has 1 atom stereocenters. The van der Waals surface area contributed by atoms with Gasteiger partial charge in [0, 0.05) is 18.1 Å². The zero-order valence-electron chi connectivity index (χ0n) is 10.8. The van der Waals surface area contributed by atoms with Crippen molar-refractivity contribution < 1.29 is 14.2 Å². The Morgan fingerprint density at radius 3 is 2.56 bits per heavy atom. The maximum Gasteiger partial charge on any atom is 0.173 e. The van der Waals surface area contributed by atoms with Gasteiger partial charge >= 0.3 is 0 Å². The fraction of sp³-hybridized carbons (Fsp3) is 0.538. The van der Waals surface area contributed by atoms with Gasteiger partial charge in [0.2, 0.25) is 0 Å². The highest BCUT2D eigenvalue weighted by Crippen LogP contribution is 2.36. The molecular formula is C13H19ClFNO2. The van der Waals surface area contributed by atoms with E-state index in [-0.39, 0.29) is 17.4 Å². The summed E-state index contributed by atoms with van der Waals surface area (Å²) < 4.78 is 18.9. The first-order chi connectivity index (χ1) is 8.33. The van der Waals surface area contributed by atoms with Crippen LogP contribution in [-0.4, -0.2) is 18.3 Å². The van der Waals surface area contributed by atoms with E-state index in [4.69, 9.17) is 22.1 Å². The van der Waals surface area contributed by atoms with Crippen molar-refractivity contribution in [2.24, 2.45) is 11.1 Å². The van der Waals surface area contributed by atoms with Crippen LogP contribution in [0.25, 0.3) is 0 Å². The Morgan fingerprint density at radius 2 is 2.11 bits per heavy atom.